The number of aromatic nitrogens is 2. The molecule has 4 nitrogen and oxygen atoms in total. The molecule has 116 valence electrons. The number of hydrogen-bond donors (Lipinski definition) is 2. The largest absolute Gasteiger partial charge is 0.340 e. The number of halogens is 2. The van der Waals surface area contributed by atoms with Crippen molar-refractivity contribution < 1.29 is 8.78 Å². The summed E-state index contributed by atoms with van der Waals surface area (Å²) in [6, 6.07) is 13.7. The Kier molecular flexibility index (Phi) is 4.14. The number of aryl methyl sites for hydroxylation is 1. The molecule has 1 aromatic heterocycles. The van der Waals surface area contributed by atoms with E-state index < -0.39 is 0 Å². The van der Waals surface area contributed by atoms with Crippen LogP contribution in [-0.2, 0) is 0 Å². The van der Waals surface area contributed by atoms with E-state index in [0.717, 1.165) is 11.4 Å². The highest BCUT2D eigenvalue weighted by molar-refractivity contribution is 5.60. The molecule has 23 heavy (non-hydrogen) atoms. The SMILES string of the molecule is Cc1cc(Nc2ccc(F)cc2)nc(Nc2ccc(F)cc2)n1. The minimum Gasteiger partial charge on any atom is -0.340 e. The normalized spacial score (nSPS) is 10.4. The molecule has 0 saturated carbocycles. The first-order valence-electron chi connectivity index (χ1n) is 6.99. The Labute approximate surface area is 132 Å². The smallest absolute Gasteiger partial charge is 0.229 e. The summed E-state index contributed by atoms with van der Waals surface area (Å²) >= 11 is 0. The standard InChI is InChI=1S/C17H14F2N4/c1-11-10-16(21-14-6-2-12(18)3-7-14)23-17(20-11)22-15-8-4-13(19)5-9-15/h2-10H,1H3,(H2,20,21,22,23). The first-order chi connectivity index (χ1) is 11.1. The minimum atomic E-state index is -0.306. The monoisotopic (exact) mass is 312 g/mol. The highest BCUT2D eigenvalue weighted by atomic mass is 19.1. The molecular weight excluding hydrogens is 298 g/mol. The summed E-state index contributed by atoms with van der Waals surface area (Å²) in [7, 11) is 0. The Morgan fingerprint density at radius 1 is 0.739 bits per heavy atom. The van der Waals surface area contributed by atoms with Gasteiger partial charge >= 0.3 is 0 Å². The van der Waals surface area contributed by atoms with Crippen molar-refractivity contribution in [2.45, 2.75) is 6.92 Å². The van der Waals surface area contributed by atoms with Crippen molar-refractivity contribution in [3.63, 3.8) is 0 Å². The fourth-order valence-electron chi connectivity index (χ4n) is 2.03. The van der Waals surface area contributed by atoms with Crippen LogP contribution in [-0.4, -0.2) is 9.97 Å². The third-order valence-electron chi connectivity index (χ3n) is 3.07. The summed E-state index contributed by atoms with van der Waals surface area (Å²) in [5, 5.41) is 6.11. The van der Waals surface area contributed by atoms with Gasteiger partial charge < -0.3 is 10.6 Å². The molecule has 2 aromatic carbocycles. The Hall–Kier alpha value is -3.02. The summed E-state index contributed by atoms with van der Waals surface area (Å²) < 4.78 is 25.9. The summed E-state index contributed by atoms with van der Waals surface area (Å²) in [6.45, 7) is 1.84. The van der Waals surface area contributed by atoms with Crippen molar-refractivity contribution in [3.8, 4) is 0 Å². The van der Waals surface area contributed by atoms with Gasteiger partial charge in [-0.05, 0) is 55.5 Å². The van der Waals surface area contributed by atoms with Crippen LogP contribution in [0.3, 0.4) is 0 Å². The first kappa shape index (κ1) is 14.9. The van der Waals surface area contributed by atoms with Crippen molar-refractivity contribution in [2.75, 3.05) is 10.6 Å². The van der Waals surface area contributed by atoms with E-state index in [0.29, 0.717) is 17.5 Å². The molecular formula is C17H14F2N4. The lowest BCUT2D eigenvalue weighted by Crippen LogP contribution is -2.02. The van der Waals surface area contributed by atoms with E-state index in [2.05, 4.69) is 20.6 Å². The Bertz CT molecular complexity index is 736. The van der Waals surface area contributed by atoms with Gasteiger partial charge in [-0.25, -0.2) is 13.8 Å². The maximum Gasteiger partial charge on any atom is 0.229 e. The average molecular weight is 312 g/mol. The number of nitrogens with zero attached hydrogens (tertiary/aromatic N) is 2. The molecule has 1 heterocycles. The zero-order valence-electron chi connectivity index (χ0n) is 12.3. The molecule has 2 N–H and O–H groups in total. The molecule has 0 bridgehead atoms. The molecule has 0 fully saturated rings. The van der Waals surface area contributed by atoms with Gasteiger partial charge in [-0.15, -0.1) is 0 Å². The Morgan fingerprint density at radius 2 is 1.26 bits per heavy atom. The molecule has 0 aliphatic rings. The van der Waals surface area contributed by atoms with E-state index in [1.807, 2.05) is 6.92 Å². The topological polar surface area (TPSA) is 49.8 Å². The quantitative estimate of drug-likeness (QED) is 0.742. The summed E-state index contributed by atoms with van der Waals surface area (Å²) in [5.74, 6) is 0.363. The molecule has 6 heteroatoms. The lowest BCUT2D eigenvalue weighted by Gasteiger charge is -2.10. The van der Waals surface area contributed by atoms with Crippen molar-refractivity contribution in [1.82, 2.24) is 9.97 Å². The van der Waals surface area contributed by atoms with Gasteiger partial charge in [0.15, 0.2) is 0 Å². The predicted octanol–water partition coefficient (Wildman–Crippen LogP) is 4.55. The summed E-state index contributed by atoms with van der Waals surface area (Å²) in [6.07, 6.45) is 0. The molecule has 0 atom stereocenters. The van der Waals surface area contributed by atoms with Crippen LogP contribution in [0.1, 0.15) is 5.69 Å². The van der Waals surface area contributed by atoms with E-state index in [-0.39, 0.29) is 11.6 Å². The second-order valence-electron chi connectivity index (χ2n) is 4.98. The number of anilines is 4. The molecule has 0 unspecified atom stereocenters. The third-order valence-corrected chi connectivity index (χ3v) is 3.07. The fourth-order valence-corrected chi connectivity index (χ4v) is 2.03. The van der Waals surface area contributed by atoms with Gasteiger partial charge in [0, 0.05) is 23.1 Å². The van der Waals surface area contributed by atoms with Crippen LogP contribution < -0.4 is 10.6 Å². The van der Waals surface area contributed by atoms with Crippen LogP contribution in [0.4, 0.5) is 31.9 Å². The predicted molar refractivity (Wildman–Crippen MR) is 86.1 cm³/mol. The maximum absolute atomic E-state index is 12.9. The first-order valence-corrected chi connectivity index (χ1v) is 6.99. The minimum absolute atomic E-state index is 0.298. The number of benzene rings is 2. The molecule has 3 aromatic rings. The van der Waals surface area contributed by atoms with Gasteiger partial charge in [0.2, 0.25) is 5.95 Å². The number of hydrogen-bond acceptors (Lipinski definition) is 4. The molecule has 0 aliphatic heterocycles. The number of nitrogens with one attached hydrogen (secondary N) is 2. The van der Waals surface area contributed by atoms with Gasteiger partial charge in [0.1, 0.15) is 17.5 Å². The molecule has 3 rings (SSSR count). The highest BCUT2D eigenvalue weighted by Gasteiger charge is 2.04. The van der Waals surface area contributed by atoms with Gasteiger partial charge in [0.25, 0.3) is 0 Å². The summed E-state index contributed by atoms with van der Waals surface area (Å²) in [5.41, 5.74) is 2.16. The van der Waals surface area contributed by atoms with E-state index in [9.17, 15) is 8.78 Å². The number of rotatable bonds is 4. The van der Waals surface area contributed by atoms with Crippen molar-refractivity contribution in [2.24, 2.45) is 0 Å². The van der Waals surface area contributed by atoms with Crippen LogP contribution in [0.2, 0.25) is 0 Å². The maximum atomic E-state index is 12.9. The van der Waals surface area contributed by atoms with Crippen LogP contribution >= 0.6 is 0 Å². The van der Waals surface area contributed by atoms with Gasteiger partial charge in [-0.3, -0.25) is 0 Å². The van der Waals surface area contributed by atoms with Crippen LogP contribution in [0.5, 0.6) is 0 Å². The van der Waals surface area contributed by atoms with Crippen LogP contribution in [0.25, 0.3) is 0 Å². The van der Waals surface area contributed by atoms with Crippen LogP contribution in [0, 0.1) is 18.6 Å². The second-order valence-corrected chi connectivity index (χ2v) is 4.98. The Balaban J connectivity index is 1.81. The van der Waals surface area contributed by atoms with Crippen molar-refractivity contribution in [3.05, 3.63) is 71.9 Å². The zero-order chi connectivity index (χ0) is 16.2. The molecule has 0 aliphatic carbocycles. The van der Waals surface area contributed by atoms with E-state index in [4.69, 9.17) is 0 Å². The van der Waals surface area contributed by atoms with Gasteiger partial charge in [0.05, 0.1) is 0 Å². The lowest BCUT2D eigenvalue weighted by molar-refractivity contribution is 0.627. The van der Waals surface area contributed by atoms with E-state index in [1.54, 1.807) is 30.3 Å². The van der Waals surface area contributed by atoms with Gasteiger partial charge in [-0.2, -0.15) is 4.98 Å². The summed E-state index contributed by atoms with van der Waals surface area (Å²) in [4.78, 5) is 8.64. The van der Waals surface area contributed by atoms with Crippen molar-refractivity contribution >= 4 is 23.1 Å². The van der Waals surface area contributed by atoms with E-state index >= 15 is 0 Å². The van der Waals surface area contributed by atoms with E-state index in [1.165, 1.54) is 24.3 Å². The molecule has 0 saturated heterocycles. The fraction of sp³-hybridized carbons (Fsp3) is 0.0588. The zero-order valence-corrected chi connectivity index (χ0v) is 12.3. The lowest BCUT2D eigenvalue weighted by atomic mass is 10.3. The van der Waals surface area contributed by atoms with Crippen molar-refractivity contribution in [1.29, 1.82) is 0 Å². The molecule has 0 radical (unpaired) electrons. The highest BCUT2D eigenvalue weighted by Crippen LogP contribution is 2.19. The molecule has 0 spiro atoms. The molecule has 0 amide bonds. The average Bonchev–Trinajstić information content (AvgIpc) is 2.51. The Morgan fingerprint density at radius 3 is 1.83 bits per heavy atom. The van der Waals surface area contributed by atoms with Gasteiger partial charge in [-0.1, -0.05) is 0 Å². The third kappa shape index (κ3) is 4.00. The second kappa shape index (κ2) is 6.39. The van der Waals surface area contributed by atoms with Crippen LogP contribution in [0.15, 0.2) is 54.6 Å².